The van der Waals surface area contributed by atoms with Gasteiger partial charge in [0.05, 0.1) is 10.6 Å². The van der Waals surface area contributed by atoms with Gasteiger partial charge in [0.2, 0.25) is 0 Å². The molecule has 0 fully saturated rings. The zero-order valence-electron chi connectivity index (χ0n) is 14.0. The number of nitrogens with zero attached hydrogens (tertiary/aromatic N) is 4. The third-order valence-corrected chi connectivity index (χ3v) is 4.31. The first-order valence-corrected chi connectivity index (χ1v) is 8.00. The van der Waals surface area contributed by atoms with Crippen LogP contribution in [0.2, 0.25) is 0 Å². The van der Waals surface area contributed by atoms with Crippen molar-refractivity contribution in [1.82, 2.24) is 14.6 Å². The molecular formula is C19H15N5O2. The maximum Gasteiger partial charge on any atom is 0.269 e. The number of hydrogen-bond donors (Lipinski definition) is 1. The molecule has 0 unspecified atom stereocenters. The second kappa shape index (κ2) is 5.96. The zero-order chi connectivity index (χ0) is 18.3. The van der Waals surface area contributed by atoms with Crippen molar-refractivity contribution in [2.24, 2.45) is 0 Å². The Labute approximate surface area is 148 Å². The molecule has 0 spiro atoms. The average molecular weight is 345 g/mol. The molecule has 0 aliphatic carbocycles. The van der Waals surface area contributed by atoms with E-state index in [9.17, 15) is 10.1 Å². The molecule has 0 bridgehead atoms. The zero-order valence-corrected chi connectivity index (χ0v) is 14.0. The number of nitro groups is 1. The van der Waals surface area contributed by atoms with E-state index in [1.165, 1.54) is 12.1 Å². The van der Waals surface area contributed by atoms with E-state index in [2.05, 4.69) is 10.1 Å². The van der Waals surface area contributed by atoms with E-state index in [0.717, 1.165) is 22.4 Å². The number of anilines is 1. The van der Waals surface area contributed by atoms with Crippen LogP contribution in [0.1, 0.15) is 5.69 Å². The van der Waals surface area contributed by atoms with Gasteiger partial charge in [-0.25, -0.2) is 4.98 Å². The molecule has 2 aromatic heterocycles. The highest BCUT2D eigenvalue weighted by Gasteiger charge is 2.17. The number of rotatable bonds is 3. The summed E-state index contributed by atoms with van der Waals surface area (Å²) in [5.41, 5.74) is 11.3. The molecule has 26 heavy (non-hydrogen) atoms. The van der Waals surface area contributed by atoms with E-state index >= 15 is 0 Å². The van der Waals surface area contributed by atoms with Crippen LogP contribution in [0.3, 0.4) is 0 Å². The summed E-state index contributed by atoms with van der Waals surface area (Å²) in [6.45, 7) is 1.92. The Kier molecular flexibility index (Phi) is 3.62. The predicted molar refractivity (Wildman–Crippen MR) is 99.7 cm³/mol. The fourth-order valence-corrected chi connectivity index (χ4v) is 3.04. The Hall–Kier alpha value is -3.74. The maximum absolute atomic E-state index is 10.8. The van der Waals surface area contributed by atoms with Crippen LogP contribution in [-0.4, -0.2) is 19.5 Å². The third kappa shape index (κ3) is 2.46. The van der Waals surface area contributed by atoms with Gasteiger partial charge in [-0.15, -0.1) is 0 Å². The SMILES string of the molecule is Cc1nn2c(N)c(-c3ccc([N+](=O)[O-])cc3)cnc2c1-c1ccccc1. The Morgan fingerprint density at radius 3 is 2.38 bits per heavy atom. The quantitative estimate of drug-likeness (QED) is 0.449. The standard InChI is InChI=1S/C19H15N5O2/c1-12-17(14-5-3-2-4-6-14)19-21-11-16(18(20)23(19)22-12)13-7-9-15(10-8-13)24(25)26/h2-11H,20H2,1H3. The maximum atomic E-state index is 10.8. The van der Waals surface area contributed by atoms with E-state index in [-0.39, 0.29) is 5.69 Å². The molecule has 0 aliphatic heterocycles. The first kappa shape index (κ1) is 15.8. The van der Waals surface area contributed by atoms with Crippen LogP contribution in [0.4, 0.5) is 11.5 Å². The van der Waals surface area contributed by atoms with Crippen LogP contribution < -0.4 is 5.73 Å². The summed E-state index contributed by atoms with van der Waals surface area (Å²) in [6, 6.07) is 16.1. The van der Waals surface area contributed by atoms with Gasteiger partial charge in [-0.2, -0.15) is 9.61 Å². The molecule has 0 aliphatic rings. The molecule has 2 aromatic carbocycles. The molecule has 7 nitrogen and oxygen atoms in total. The van der Waals surface area contributed by atoms with Crippen molar-refractivity contribution in [3.63, 3.8) is 0 Å². The molecule has 7 heteroatoms. The highest BCUT2D eigenvalue weighted by Crippen LogP contribution is 2.32. The second-order valence-corrected chi connectivity index (χ2v) is 5.92. The van der Waals surface area contributed by atoms with Gasteiger partial charge in [0.15, 0.2) is 5.65 Å². The minimum Gasteiger partial charge on any atom is -0.383 e. The first-order valence-electron chi connectivity index (χ1n) is 8.00. The summed E-state index contributed by atoms with van der Waals surface area (Å²) >= 11 is 0. The highest BCUT2D eigenvalue weighted by molar-refractivity contribution is 5.83. The number of nitro benzene ring substituents is 1. The van der Waals surface area contributed by atoms with Crippen molar-refractivity contribution < 1.29 is 4.92 Å². The van der Waals surface area contributed by atoms with Gasteiger partial charge in [-0.05, 0) is 30.2 Å². The molecule has 0 saturated heterocycles. The lowest BCUT2D eigenvalue weighted by molar-refractivity contribution is -0.384. The lowest BCUT2D eigenvalue weighted by Crippen LogP contribution is -2.03. The normalized spacial score (nSPS) is 11.0. The van der Waals surface area contributed by atoms with Gasteiger partial charge >= 0.3 is 0 Å². The Bertz CT molecular complexity index is 1120. The van der Waals surface area contributed by atoms with Gasteiger partial charge in [0, 0.05) is 29.5 Å². The number of hydrogen-bond acceptors (Lipinski definition) is 5. The molecule has 0 radical (unpaired) electrons. The predicted octanol–water partition coefficient (Wildman–Crippen LogP) is 3.86. The van der Waals surface area contributed by atoms with Crippen molar-refractivity contribution in [3.8, 4) is 22.3 Å². The smallest absolute Gasteiger partial charge is 0.269 e. The monoisotopic (exact) mass is 345 g/mol. The van der Waals surface area contributed by atoms with Crippen molar-refractivity contribution in [3.05, 3.63) is 76.6 Å². The van der Waals surface area contributed by atoms with E-state index in [1.54, 1.807) is 22.8 Å². The minimum atomic E-state index is -0.433. The molecular weight excluding hydrogens is 330 g/mol. The molecule has 2 heterocycles. The fraction of sp³-hybridized carbons (Fsp3) is 0.0526. The van der Waals surface area contributed by atoms with Crippen LogP contribution in [0, 0.1) is 17.0 Å². The lowest BCUT2D eigenvalue weighted by atomic mass is 10.1. The van der Waals surface area contributed by atoms with Crippen LogP contribution in [0.15, 0.2) is 60.8 Å². The van der Waals surface area contributed by atoms with E-state index in [0.29, 0.717) is 17.0 Å². The molecule has 2 N–H and O–H groups in total. The van der Waals surface area contributed by atoms with Gasteiger partial charge in [0.25, 0.3) is 5.69 Å². The Balaban J connectivity index is 1.87. The second-order valence-electron chi connectivity index (χ2n) is 5.92. The number of nitrogen functional groups attached to an aromatic ring is 1. The van der Waals surface area contributed by atoms with Crippen molar-refractivity contribution in [2.75, 3.05) is 5.73 Å². The highest BCUT2D eigenvalue weighted by atomic mass is 16.6. The summed E-state index contributed by atoms with van der Waals surface area (Å²) in [7, 11) is 0. The van der Waals surface area contributed by atoms with Crippen LogP contribution in [0.25, 0.3) is 27.9 Å². The number of nitrogens with two attached hydrogens (primary N) is 1. The van der Waals surface area contributed by atoms with Gasteiger partial charge < -0.3 is 5.73 Å². The molecule has 0 atom stereocenters. The van der Waals surface area contributed by atoms with E-state index < -0.39 is 4.92 Å². The Morgan fingerprint density at radius 2 is 1.73 bits per heavy atom. The van der Waals surface area contributed by atoms with E-state index in [1.807, 2.05) is 37.3 Å². The summed E-state index contributed by atoms with van der Waals surface area (Å²) < 4.78 is 1.62. The summed E-state index contributed by atoms with van der Waals surface area (Å²) in [4.78, 5) is 14.9. The summed E-state index contributed by atoms with van der Waals surface area (Å²) in [6.07, 6.45) is 1.68. The number of benzene rings is 2. The topological polar surface area (TPSA) is 99.3 Å². The molecule has 0 amide bonds. The molecule has 4 aromatic rings. The average Bonchev–Trinajstić information content (AvgIpc) is 3.00. The van der Waals surface area contributed by atoms with Crippen LogP contribution in [-0.2, 0) is 0 Å². The van der Waals surface area contributed by atoms with E-state index in [4.69, 9.17) is 5.73 Å². The first-order chi connectivity index (χ1) is 12.6. The van der Waals surface area contributed by atoms with Gasteiger partial charge in [-0.3, -0.25) is 10.1 Å². The fourth-order valence-electron chi connectivity index (χ4n) is 3.04. The lowest BCUT2D eigenvalue weighted by Gasteiger charge is -2.07. The van der Waals surface area contributed by atoms with Crippen LogP contribution >= 0.6 is 0 Å². The van der Waals surface area contributed by atoms with Gasteiger partial charge in [-0.1, -0.05) is 30.3 Å². The summed E-state index contributed by atoms with van der Waals surface area (Å²) in [5.74, 6) is 0.439. The molecule has 128 valence electrons. The number of non-ortho nitro benzene ring substituents is 1. The van der Waals surface area contributed by atoms with Crippen LogP contribution in [0.5, 0.6) is 0 Å². The van der Waals surface area contributed by atoms with Gasteiger partial charge in [0.1, 0.15) is 5.82 Å². The number of aryl methyl sites for hydroxylation is 1. The number of fused-ring (bicyclic) bond motifs is 1. The molecule has 0 saturated carbocycles. The third-order valence-electron chi connectivity index (χ3n) is 4.31. The largest absolute Gasteiger partial charge is 0.383 e. The van der Waals surface area contributed by atoms with Crippen molar-refractivity contribution >= 4 is 17.2 Å². The van der Waals surface area contributed by atoms with Crippen molar-refractivity contribution in [1.29, 1.82) is 0 Å². The van der Waals surface area contributed by atoms with Crippen molar-refractivity contribution in [2.45, 2.75) is 6.92 Å². The summed E-state index contributed by atoms with van der Waals surface area (Å²) in [5, 5.41) is 15.4. The minimum absolute atomic E-state index is 0.0302. The molecule has 4 rings (SSSR count). The Morgan fingerprint density at radius 1 is 1.04 bits per heavy atom. The number of aromatic nitrogens is 3.